The average molecular weight is 252 g/mol. The number of carbonyl (C=O) groups is 1. The first-order chi connectivity index (χ1) is 9.13. The molecule has 0 aromatic heterocycles. The molecule has 2 nitrogen and oxygen atoms in total. The molecule has 1 atom stereocenters. The van der Waals surface area contributed by atoms with Crippen LogP contribution < -0.4 is 0 Å². The smallest absolute Gasteiger partial charge is 0.335 e. The van der Waals surface area contributed by atoms with Gasteiger partial charge < -0.3 is 5.11 Å². The predicted octanol–water partition coefficient (Wildman–Crippen LogP) is 4.18. The molecule has 0 saturated heterocycles. The molecule has 2 aromatic carbocycles. The summed E-state index contributed by atoms with van der Waals surface area (Å²) in [7, 11) is 0. The van der Waals surface area contributed by atoms with Gasteiger partial charge in [0.2, 0.25) is 0 Å². The maximum absolute atomic E-state index is 11.2. The van der Waals surface area contributed by atoms with Crippen LogP contribution in [0.15, 0.2) is 55.1 Å². The minimum Gasteiger partial charge on any atom is -0.478 e. The van der Waals surface area contributed by atoms with Crippen molar-refractivity contribution in [3.05, 3.63) is 77.4 Å². The van der Waals surface area contributed by atoms with Gasteiger partial charge in [0.1, 0.15) is 0 Å². The van der Waals surface area contributed by atoms with Crippen LogP contribution in [-0.4, -0.2) is 11.1 Å². The summed E-state index contributed by atoms with van der Waals surface area (Å²) in [4.78, 5) is 11.2. The van der Waals surface area contributed by atoms with Crippen molar-refractivity contribution in [3.8, 4) is 0 Å². The molecule has 0 aliphatic rings. The van der Waals surface area contributed by atoms with Crippen molar-refractivity contribution in [3.63, 3.8) is 0 Å². The van der Waals surface area contributed by atoms with Crippen LogP contribution in [0.25, 0.3) is 6.08 Å². The molecule has 19 heavy (non-hydrogen) atoms. The molecular weight excluding hydrogens is 236 g/mol. The standard InChI is InChI=1S/C17H16O2/c1-3-13-8-10-14(11-9-13)12(2)15-6-4-5-7-16(15)17(18)19/h3-12H,1H2,2H3,(H,18,19). The molecule has 1 N–H and O–H groups in total. The van der Waals surface area contributed by atoms with Gasteiger partial charge in [0.05, 0.1) is 5.56 Å². The zero-order valence-electron chi connectivity index (χ0n) is 10.8. The van der Waals surface area contributed by atoms with Crippen LogP contribution in [-0.2, 0) is 0 Å². The molecule has 0 fully saturated rings. The van der Waals surface area contributed by atoms with Crippen LogP contribution in [0.4, 0.5) is 0 Å². The first-order valence-electron chi connectivity index (χ1n) is 6.18. The van der Waals surface area contributed by atoms with Crippen molar-refractivity contribution in [2.75, 3.05) is 0 Å². The average Bonchev–Trinajstić information content (AvgIpc) is 2.46. The molecule has 0 bridgehead atoms. The minimum absolute atomic E-state index is 0.0474. The lowest BCUT2D eigenvalue weighted by atomic mass is 9.89. The molecule has 0 aliphatic heterocycles. The predicted molar refractivity (Wildman–Crippen MR) is 77.5 cm³/mol. The van der Waals surface area contributed by atoms with Crippen LogP contribution >= 0.6 is 0 Å². The second-order valence-corrected chi connectivity index (χ2v) is 4.48. The van der Waals surface area contributed by atoms with E-state index in [9.17, 15) is 9.90 Å². The van der Waals surface area contributed by atoms with Crippen LogP contribution in [0.2, 0.25) is 0 Å². The van der Waals surface area contributed by atoms with E-state index < -0.39 is 5.97 Å². The van der Waals surface area contributed by atoms with Gasteiger partial charge in [-0.1, -0.05) is 62.0 Å². The molecule has 2 rings (SSSR count). The SMILES string of the molecule is C=Cc1ccc(C(C)c2ccccc2C(=O)O)cc1. The second-order valence-electron chi connectivity index (χ2n) is 4.48. The van der Waals surface area contributed by atoms with Crippen molar-refractivity contribution in [2.24, 2.45) is 0 Å². The Kier molecular flexibility index (Phi) is 3.81. The van der Waals surface area contributed by atoms with E-state index in [0.29, 0.717) is 5.56 Å². The van der Waals surface area contributed by atoms with Gasteiger partial charge in [-0.15, -0.1) is 0 Å². The van der Waals surface area contributed by atoms with E-state index in [1.54, 1.807) is 18.2 Å². The molecule has 0 saturated carbocycles. The fourth-order valence-electron chi connectivity index (χ4n) is 2.17. The molecule has 0 heterocycles. The number of aromatic carboxylic acids is 1. The summed E-state index contributed by atoms with van der Waals surface area (Å²) >= 11 is 0. The maximum atomic E-state index is 11.2. The lowest BCUT2D eigenvalue weighted by Crippen LogP contribution is -2.06. The zero-order chi connectivity index (χ0) is 13.8. The summed E-state index contributed by atoms with van der Waals surface area (Å²) < 4.78 is 0. The minimum atomic E-state index is -0.884. The van der Waals surface area contributed by atoms with E-state index in [1.165, 1.54) is 0 Å². The Bertz CT molecular complexity index is 597. The molecule has 2 aromatic rings. The Balaban J connectivity index is 2.40. The fraction of sp³-hybridized carbons (Fsp3) is 0.118. The van der Waals surface area contributed by atoms with Gasteiger partial charge in [0.25, 0.3) is 0 Å². The van der Waals surface area contributed by atoms with Gasteiger partial charge in [-0.25, -0.2) is 4.79 Å². The summed E-state index contributed by atoms with van der Waals surface area (Å²) in [5.41, 5.74) is 3.35. The molecule has 0 spiro atoms. The zero-order valence-corrected chi connectivity index (χ0v) is 10.8. The number of benzene rings is 2. The van der Waals surface area contributed by atoms with Crippen LogP contribution in [0.1, 0.15) is 39.9 Å². The fourth-order valence-corrected chi connectivity index (χ4v) is 2.17. The molecular formula is C17H16O2. The molecule has 2 heteroatoms. The molecule has 0 radical (unpaired) electrons. The van der Waals surface area contributed by atoms with E-state index in [2.05, 4.69) is 6.58 Å². The van der Waals surface area contributed by atoms with Gasteiger partial charge in [0.15, 0.2) is 0 Å². The Morgan fingerprint density at radius 3 is 2.37 bits per heavy atom. The van der Waals surface area contributed by atoms with Gasteiger partial charge in [0, 0.05) is 5.92 Å². The van der Waals surface area contributed by atoms with Crippen LogP contribution in [0.5, 0.6) is 0 Å². The summed E-state index contributed by atoms with van der Waals surface area (Å²) in [6.07, 6.45) is 1.79. The highest BCUT2D eigenvalue weighted by Crippen LogP contribution is 2.27. The van der Waals surface area contributed by atoms with Crippen LogP contribution in [0.3, 0.4) is 0 Å². The highest BCUT2D eigenvalue weighted by Gasteiger charge is 2.16. The number of rotatable bonds is 4. The van der Waals surface area contributed by atoms with Crippen molar-refractivity contribution in [1.82, 2.24) is 0 Å². The third kappa shape index (κ3) is 2.74. The summed E-state index contributed by atoms with van der Waals surface area (Å²) in [6, 6.07) is 15.1. The number of carboxylic acids is 1. The van der Waals surface area contributed by atoms with Crippen LogP contribution in [0, 0.1) is 0 Å². The van der Waals surface area contributed by atoms with Gasteiger partial charge in [-0.05, 0) is 22.8 Å². The van der Waals surface area contributed by atoms with E-state index in [-0.39, 0.29) is 5.92 Å². The van der Waals surface area contributed by atoms with Gasteiger partial charge in [-0.3, -0.25) is 0 Å². The third-order valence-electron chi connectivity index (χ3n) is 3.33. The van der Waals surface area contributed by atoms with Crippen molar-refractivity contribution in [2.45, 2.75) is 12.8 Å². The maximum Gasteiger partial charge on any atom is 0.335 e. The molecule has 1 unspecified atom stereocenters. The highest BCUT2D eigenvalue weighted by atomic mass is 16.4. The number of hydrogen-bond donors (Lipinski definition) is 1. The lowest BCUT2D eigenvalue weighted by molar-refractivity contribution is 0.0695. The number of hydrogen-bond acceptors (Lipinski definition) is 1. The highest BCUT2D eigenvalue weighted by molar-refractivity contribution is 5.89. The lowest BCUT2D eigenvalue weighted by Gasteiger charge is -2.15. The van der Waals surface area contributed by atoms with Crippen molar-refractivity contribution >= 4 is 12.0 Å². The monoisotopic (exact) mass is 252 g/mol. The topological polar surface area (TPSA) is 37.3 Å². The Morgan fingerprint density at radius 1 is 1.16 bits per heavy atom. The molecule has 0 aliphatic carbocycles. The second kappa shape index (κ2) is 5.53. The van der Waals surface area contributed by atoms with E-state index in [4.69, 9.17) is 0 Å². The van der Waals surface area contributed by atoms with Crippen molar-refractivity contribution < 1.29 is 9.90 Å². The first kappa shape index (κ1) is 13.1. The normalized spacial score (nSPS) is 11.8. The van der Waals surface area contributed by atoms with E-state index in [0.717, 1.165) is 16.7 Å². The Labute approximate surface area is 113 Å². The first-order valence-corrected chi connectivity index (χ1v) is 6.18. The number of carboxylic acid groups (broad SMARTS) is 1. The van der Waals surface area contributed by atoms with Gasteiger partial charge in [-0.2, -0.15) is 0 Å². The summed E-state index contributed by atoms with van der Waals surface area (Å²) in [6.45, 7) is 5.74. The van der Waals surface area contributed by atoms with E-state index >= 15 is 0 Å². The molecule has 96 valence electrons. The third-order valence-corrected chi connectivity index (χ3v) is 3.33. The van der Waals surface area contributed by atoms with Crippen molar-refractivity contribution in [1.29, 1.82) is 0 Å². The summed E-state index contributed by atoms with van der Waals surface area (Å²) in [5.74, 6) is -0.837. The molecule has 0 amide bonds. The van der Waals surface area contributed by atoms with E-state index in [1.807, 2.05) is 43.3 Å². The summed E-state index contributed by atoms with van der Waals surface area (Å²) in [5, 5.41) is 9.23. The van der Waals surface area contributed by atoms with Gasteiger partial charge >= 0.3 is 5.97 Å². The Morgan fingerprint density at radius 2 is 1.79 bits per heavy atom. The quantitative estimate of drug-likeness (QED) is 0.886. The largest absolute Gasteiger partial charge is 0.478 e. The Hall–Kier alpha value is -2.35.